The largest absolute Gasteiger partial charge is 0.496 e. The number of fused-ring (bicyclic) bond motifs is 3. The fraction of sp³-hybridized carbons (Fsp3) is 0.321. The van der Waals surface area contributed by atoms with Gasteiger partial charge < -0.3 is 21.5 Å². The van der Waals surface area contributed by atoms with Crippen molar-refractivity contribution in [1.82, 2.24) is 19.7 Å². The highest BCUT2D eigenvalue weighted by molar-refractivity contribution is 5.97. The van der Waals surface area contributed by atoms with E-state index in [0.29, 0.717) is 11.6 Å². The van der Waals surface area contributed by atoms with E-state index in [4.69, 9.17) is 21.2 Å². The van der Waals surface area contributed by atoms with Crippen molar-refractivity contribution in [3.05, 3.63) is 77.6 Å². The number of anilines is 1. The van der Waals surface area contributed by atoms with Crippen molar-refractivity contribution >= 4 is 17.2 Å². The molecule has 6 rings (SSSR count). The van der Waals surface area contributed by atoms with E-state index in [-0.39, 0.29) is 23.1 Å². The van der Waals surface area contributed by atoms with Gasteiger partial charge in [-0.1, -0.05) is 24.3 Å². The molecule has 9 heteroatoms. The number of hydrogen-bond donors (Lipinski definition) is 3. The Morgan fingerprint density at radius 1 is 1.16 bits per heavy atom. The third kappa shape index (κ3) is 3.90. The van der Waals surface area contributed by atoms with Crippen LogP contribution in [0.1, 0.15) is 53.8 Å². The highest BCUT2D eigenvalue weighted by atomic mass is 19.1. The van der Waals surface area contributed by atoms with Crippen molar-refractivity contribution in [2.45, 2.75) is 49.6 Å². The predicted molar refractivity (Wildman–Crippen MR) is 139 cm³/mol. The van der Waals surface area contributed by atoms with Gasteiger partial charge in [-0.15, -0.1) is 0 Å². The summed E-state index contributed by atoms with van der Waals surface area (Å²) < 4.78 is 20.9. The van der Waals surface area contributed by atoms with Gasteiger partial charge in [0, 0.05) is 35.5 Å². The lowest BCUT2D eigenvalue weighted by molar-refractivity contribution is 0.0947. The first kappa shape index (κ1) is 23.4. The zero-order valence-electron chi connectivity index (χ0n) is 20.6. The lowest BCUT2D eigenvalue weighted by atomic mass is 9.83. The molecular formula is C28H29FN6O2. The summed E-state index contributed by atoms with van der Waals surface area (Å²) in [4.78, 5) is 22.1. The molecule has 2 heterocycles. The Kier molecular flexibility index (Phi) is 5.41. The van der Waals surface area contributed by atoms with E-state index in [1.807, 2.05) is 30.5 Å². The molecule has 2 fully saturated rings. The van der Waals surface area contributed by atoms with E-state index in [2.05, 4.69) is 14.7 Å². The highest BCUT2D eigenvalue weighted by Crippen LogP contribution is 2.56. The fourth-order valence-electron chi connectivity index (χ4n) is 6.11. The van der Waals surface area contributed by atoms with E-state index in [9.17, 15) is 9.18 Å². The molecule has 0 spiro atoms. The molecule has 4 aromatic rings. The van der Waals surface area contributed by atoms with Crippen molar-refractivity contribution in [1.29, 1.82) is 0 Å². The molecule has 5 N–H and O–H groups in total. The Hall–Kier alpha value is -3.98. The maximum atomic E-state index is 13.7. The molecule has 2 saturated carbocycles. The van der Waals surface area contributed by atoms with Crippen LogP contribution in [0.5, 0.6) is 5.75 Å². The summed E-state index contributed by atoms with van der Waals surface area (Å²) in [6.45, 7) is 0.277. The number of rotatable bonds is 6. The first-order chi connectivity index (χ1) is 17.8. The number of nitrogen functional groups attached to an aromatic ring is 1. The number of amides is 1. The number of hydrogen-bond acceptors (Lipinski definition) is 6. The van der Waals surface area contributed by atoms with Gasteiger partial charge in [-0.2, -0.15) is 0 Å². The van der Waals surface area contributed by atoms with Crippen molar-refractivity contribution in [2.75, 3.05) is 12.8 Å². The minimum absolute atomic E-state index is 0.0358. The lowest BCUT2D eigenvalue weighted by Crippen LogP contribution is -2.33. The van der Waals surface area contributed by atoms with Crippen molar-refractivity contribution in [3.8, 4) is 17.0 Å². The standard InChI is InChI=1S/C28H29FN6O2/c1-37-21-7-6-19(29)14-20(21)25(36)33-15-17-2-4-18(5-3-17)22-23-24(30)32-12-13-35(23)26(34-22)27-8-10-28(31,16-27)11-9-27/h2-7,12-14H,8-11,15-16,31H2,1H3,(H2,30,32)(H,33,36). The van der Waals surface area contributed by atoms with E-state index in [1.165, 1.54) is 25.3 Å². The van der Waals surface area contributed by atoms with E-state index < -0.39 is 11.7 Å². The van der Waals surface area contributed by atoms with Crippen molar-refractivity contribution < 1.29 is 13.9 Å². The Balaban J connectivity index is 1.27. The normalized spacial score (nSPS) is 22.5. The molecule has 2 bridgehead atoms. The molecule has 2 aliphatic rings. The third-order valence-corrected chi connectivity index (χ3v) is 8.04. The lowest BCUT2D eigenvalue weighted by Gasteiger charge is -2.25. The van der Waals surface area contributed by atoms with E-state index in [1.54, 1.807) is 6.20 Å². The molecule has 37 heavy (non-hydrogen) atoms. The number of nitrogens with zero attached hydrogens (tertiary/aromatic N) is 3. The number of carbonyl (C=O) groups excluding carboxylic acids is 1. The topological polar surface area (TPSA) is 121 Å². The van der Waals surface area contributed by atoms with Crippen LogP contribution in [0.2, 0.25) is 0 Å². The van der Waals surface area contributed by atoms with Crippen LogP contribution in [0.25, 0.3) is 16.8 Å². The van der Waals surface area contributed by atoms with Crippen molar-refractivity contribution in [3.63, 3.8) is 0 Å². The number of carbonyl (C=O) groups is 1. The zero-order valence-corrected chi connectivity index (χ0v) is 20.6. The molecule has 8 nitrogen and oxygen atoms in total. The maximum absolute atomic E-state index is 13.7. The number of aromatic nitrogens is 3. The number of benzene rings is 2. The molecule has 0 aliphatic heterocycles. The number of imidazole rings is 1. The molecule has 190 valence electrons. The molecule has 0 atom stereocenters. The van der Waals surface area contributed by atoms with Crippen LogP contribution in [-0.2, 0) is 12.0 Å². The number of nitrogens with one attached hydrogen (secondary N) is 1. The van der Waals surface area contributed by atoms with Gasteiger partial charge in [-0.25, -0.2) is 14.4 Å². The van der Waals surface area contributed by atoms with Crippen molar-refractivity contribution in [2.24, 2.45) is 5.73 Å². The Labute approximate surface area is 213 Å². The van der Waals surface area contributed by atoms with Crippen LogP contribution in [-0.4, -0.2) is 32.9 Å². The van der Waals surface area contributed by atoms with Gasteiger partial charge in [-0.3, -0.25) is 9.20 Å². The van der Waals surface area contributed by atoms with E-state index >= 15 is 0 Å². The summed E-state index contributed by atoms with van der Waals surface area (Å²) in [6, 6.07) is 11.7. The second-order valence-corrected chi connectivity index (χ2v) is 10.4. The Morgan fingerprint density at radius 2 is 1.92 bits per heavy atom. The van der Waals surface area contributed by atoms with E-state index in [0.717, 1.165) is 60.3 Å². The second-order valence-electron chi connectivity index (χ2n) is 10.4. The summed E-state index contributed by atoms with van der Waals surface area (Å²) in [5, 5.41) is 2.83. The second kappa shape index (κ2) is 8.55. The van der Waals surface area contributed by atoms with Crippen LogP contribution in [0.15, 0.2) is 54.9 Å². The number of nitrogens with two attached hydrogens (primary N) is 2. The van der Waals surface area contributed by atoms with Gasteiger partial charge in [0.2, 0.25) is 0 Å². The average molecular weight is 501 g/mol. The molecule has 2 aromatic carbocycles. The van der Waals surface area contributed by atoms with Crippen LogP contribution >= 0.6 is 0 Å². The molecule has 2 aliphatic carbocycles. The SMILES string of the molecule is COc1ccc(F)cc1C(=O)NCc1ccc(-c2nc(C34CCC(N)(CC3)C4)n3ccnc(N)c23)cc1. The predicted octanol–water partition coefficient (Wildman–Crippen LogP) is 3.97. The average Bonchev–Trinajstić information content (AvgIpc) is 3.57. The number of halogens is 1. The Bertz CT molecular complexity index is 1510. The molecule has 1 amide bonds. The summed E-state index contributed by atoms with van der Waals surface area (Å²) in [7, 11) is 1.45. The summed E-state index contributed by atoms with van der Waals surface area (Å²) in [5.74, 6) is 0.855. The zero-order chi connectivity index (χ0) is 25.8. The van der Waals surface area contributed by atoms with Gasteiger partial charge in [0.05, 0.1) is 12.7 Å². The maximum Gasteiger partial charge on any atom is 0.255 e. The van der Waals surface area contributed by atoms with Crippen LogP contribution in [0.3, 0.4) is 0 Å². The highest BCUT2D eigenvalue weighted by Gasteiger charge is 2.55. The molecule has 0 unspecified atom stereocenters. The number of methoxy groups -OCH3 is 1. The monoisotopic (exact) mass is 500 g/mol. The number of ether oxygens (including phenoxy) is 1. The summed E-state index contributed by atoms with van der Waals surface area (Å²) in [6.07, 6.45) is 8.67. The van der Waals surface area contributed by atoms with Gasteiger partial charge in [0.25, 0.3) is 5.91 Å². The molecular weight excluding hydrogens is 471 g/mol. The summed E-state index contributed by atoms with van der Waals surface area (Å²) >= 11 is 0. The van der Waals surface area contributed by atoms with Crippen LogP contribution in [0.4, 0.5) is 10.2 Å². The first-order valence-corrected chi connectivity index (χ1v) is 12.4. The minimum Gasteiger partial charge on any atom is -0.496 e. The Morgan fingerprint density at radius 3 is 2.59 bits per heavy atom. The van der Waals surface area contributed by atoms with Gasteiger partial charge >= 0.3 is 0 Å². The fourth-order valence-corrected chi connectivity index (χ4v) is 6.11. The minimum atomic E-state index is -0.498. The van der Waals surface area contributed by atoms with Gasteiger partial charge in [0.1, 0.15) is 34.4 Å². The van der Waals surface area contributed by atoms with Crippen LogP contribution < -0.4 is 21.5 Å². The molecule has 0 saturated heterocycles. The molecule has 0 radical (unpaired) electrons. The van der Waals surface area contributed by atoms with Crippen LogP contribution in [0, 0.1) is 5.82 Å². The third-order valence-electron chi connectivity index (χ3n) is 8.04. The quantitative estimate of drug-likeness (QED) is 0.368. The first-order valence-electron chi connectivity index (χ1n) is 12.4. The summed E-state index contributed by atoms with van der Waals surface area (Å²) in [5.41, 5.74) is 16.4. The van der Waals surface area contributed by atoms with Gasteiger partial charge in [-0.05, 0) is 55.9 Å². The van der Waals surface area contributed by atoms with Gasteiger partial charge in [0.15, 0.2) is 0 Å². The molecule has 2 aromatic heterocycles. The smallest absolute Gasteiger partial charge is 0.255 e.